The van der Waals surface area contributed by atoms with Crippen molar-refractivity contribution in [2.75, 3.05) is 4.90 Å². The van der Waals surface area contributed by atoms with E-state index in [2.05, 4.69) is 25.5 Å². The molecule has 4 heterocycles. The number of fused-ring (bicyclic) bond motifs is 2. The number of benzene rings is 1. The standard InChI is InChI=1S/C23H22FN7OS/c24-22-16-6-2-13(28-16)8-18(22)31(14-3-4-14)23-27-10-17(29-30-23)15-5-1-12(7-19(15)32)20-11-26-21(9-25)33-20/h1,5,7,10-11,13-14,16,18,22,28,32H,2-4,6,8H2/t13-,16-,18+,22-/m0/s1. The van der Waals surface area contributed by atoms with E-state index in [0.29, 0.717) is 28.3 Å². The SMILES string of the molecule is N#Cc1ncc(-c2ccc(-c3cnc(N(C4CC4)[C@@H]4C[C@@H]5CC[C@H](N5)[C@@H]4F)nn3)c(O)c2)s1. The first-order valence-corrected chi connectivity index (χ1v) is 12.0. The monoisotopic (exact) mass is 463 g/mol. The maximum Gasteiger partial charge on any atom is 0.245 e. The van der Waals surface area contributed by atoms with Crippen LogP contribution in [0.1, 0.15) is 37.1 Å². The normalized spacial score (nSPS) is 26.2. The molecule has 2 aliphatic heterocycles. The fraction of sp³-hybridized carbons (Fsp3) is 0.435. The maximum absolute atomic E-state index is 15.2. The highest BCUT2D eigenvalue weighted by Crippen LogP contribution is 2.40. The van der Waals surface area contributed by atoms with E-state index >= 15 is 4.39 Å². The quantitative estimate of drug-likeness (QED) is 0.592. The number of nitrogens with one attached hydrogen (secondary N) is 1. The van der Waals surface area contributed by atoms with Crippen molar-refractivity contribution >= 4 is 17.3 Å². The van der Waals surface area contributed by atoms with Crippen LogP contribution in [0.3, 0.4) is 0 Å². The highest BCUT2D eigenvalue weighted by atomic mass is 32.1. The van der Waals surface area contributed by atoms with Crippen LogP contribution in [0.25, 0.3) is 21.7 Å². The Labute approximate surface area is 194 Å². The molecule has 168 valence electrons. The fourth-order valence-corrected chi connectivity index (χ4v) is 5.76. The van der Waals surface area contributed by atoms with Crippen molar-refractivity contribution in [3.8, 4) is 33.5 Å². The zero-order chi connectivity index (χ0) is 22.5. The summed E-state index contributed by atoms with van der Waals surface area (Å²) in [7, 11) is 0. The summed E-state index contributed by atoms with van der Waals surface area (Å²) in [5.74, 6) is 0.501. The lowest BCUT2D eigenvalue weighted by molar-refractivity contribution is 0.171. The zero-order valence-corrected chi connectivity index (χ0v) is 18.5. The molecule has 4 atom stereocenters. The molecule has 2 bridgehead atoms. The number of thiazole rings is 1. The minimum absolute atomic E-state index is 0.0426. The third-order valence-corrected chi connectivity index (χ3v) is 7.74. The van der Waals surface area contributed by atoms with Gasteiger partial charge in [0, 0.05) is 29.9 Å². The summed E-state index contributed by atoms with van der Waals surface area (Å²) in [5.41, 5.74) is 1.72. The van der Waals surface area contributed by atoms with Crippen LogP contribution in [0.4, 0.5) is 10.3 Å². The third kappa shape index (κ3) is 3.71. The van der Waals surface area contributed by atoms with Gasteiger partial charge in [-0.2, -0.15) is 5.26 Å². The molecule has 0 unspecified atom stereocenters. The van der Waals surface area contributed by atoms with Gasteiger partial charge in [0.05, 0.1) is 17.1 Å². The molecule has 0 radical (unpaired) electrons. The van der Waals surface area contributed by atoms with E-state index in [1.54, 1.807) is 24.5 Å². The van der Waals surface area contributed by atoms with E-state index in [1.807, 2.05) is 17.0 Å². The van der Waals surface area contributed by atoms with E-state index in [0.717, 1.165) is 42.5 Å². The van der Waals surface area contributed by atoms with Gasteiger partial charge in [-0.3, -0.25) is 0 Å². The van der Waals surface area contributed by atoms with E-state index in [1.165, 1.54) is 11.3 Å². The lowest BCUT2D eigenvalue weighted by Gasteiger charge is -2.40. The van der Waals surface area contributed by atoms with Gasteiger partial charge in [0.1, 0.15) is 23.7 Å². The number of nitrogens with zero attached hydrogens (tertiary/aromatic N) is 6. The highest BCUT2D eigenvalue weighted by molar-refractivity contribution is 7.15. The van der Waals surface area contributed by atoms with Crippen molar-refractivity contribution in [3.05, 3.63) is 35.6 Å². The summed E-state index contributed by atoms with van der Waals surface area (Å²) in [6.07, 6.45) is 6.96. The van der Waals surface area contributed by atoms with Gasteiger partial charge in [0.2, 0.25) is 5.95 Å². The van der Waals surface area contributed by atoms with Crippen molar-refractivity contribution in [2.45, 2.75) is 62.4 Å². The number of phenols is 1. The number of hydrogen-bond donors (Lipinski definition) is 2. The van der Waals surface area contributed by atoms with Crippen molar-refractivity contribution in [1.82, 2.24) is 25.5 Å². The third-order valence-electron chi connectivity index (χ3n) is 6.79. The zero-order valence-electron chi connectivity index (χ0n) is 17.7. The fourth-order valence-electron chi connectivity index (χ4n) is 5.05. The second-order valence-electron chi connectivity index (χ2n) is 8.95. The molecule has 1 aliphatic carbocycles. The molecule has 8 nitrogen and oxygen atoms in total. The predicted molar refractivity (Wildman–Crippen MR) is 121 cm³/mol. The summed E-state index contributed by atoms with van der Waals surface area (Å²) < 4.78 is 15.2. The first kappa shape index (κ1) is 20.4. The van der Waals surface area contributed by atoms with Gasteiger partial charge in [-0.25, -0.2) is 14.4 Å². The average Bonchev–Trinajstić information content (AvgIpc) is 3.39. The molecule has 2 N–H and O–H groups in total. The molecule has 10 heteroatoms. The second kappa shape index (κ2) is 8.01. The highest BCUT2D eigenvalue weighted by Gasteiger charge is 2.48. The van der Waals surface area contributed by atoms with Crippen LogP contribution in [0, 0.1) is 11.3 Å². The van der Waals surface area contributed by atoms with Crippen LogP contribution in [0.2, 0.25) is 0 Å². The van der Waals surface area contributed by atoms with Crippen LogP contribution in [-0.4, -0.2) is 55.6 Å². The molecule has 3 aliphatic rings. The number of anilines is 1. The molecule has 2 aromatic heterocycles. The number of nitriles is 1. The van der Waals surface area contributed by atoms with Gasteiger partial charge >= 0.3 is 0 Å². The number of alkyl halides is 1. The molecular weight excluding hydrogens is 441 g/mol. The van der Waals surface area contributed by atoms with E-state index in [4.69, 9.17) is 5.26 Å². The van der Waals surface area contributed by atoms with E-state index in [-0.39, 0.29) is 23.9 Å². The molecule has 1 aromatic carbocycles. The summed E-state index contributed by atoms with van der Waals surface area (Å²) in [5, 5.41) is 32.0. The average molecular weight is 464 g/mol. The van der Waals surface area contributed by atoms with Crippen LogP contribution in [0.5, 0.6) is 5.75 Å². The number of piperidine rings is 1. The molecule has 33 heavy (non-hydrogen) atoms. The largest absolute Gasteiger partial charge is 0.507 e. The van der Waals surface area contributed by atoms with Gasteiger partial charge in [-0.15, -0.1) is 21.5 Å². The molecule has 3 fully saturated rings. The van der Waals surface area contributed by atoms with Crippen molar-refractivity contribution in [2.24, 2.45) is 0 Å². The minimum Gasteiger partial charge on any atom is -0.507 e. The Morgan fingerprint density at radius 2 is 2.03 bits per heavy atom. The Morgan fingerprint density at radius 1 is 1.15 bits per heavy atom. The summed E-state index contributed by atoms with van der Waals surface area (Å²) in [6, 6.07) is 7.55. The first-order valence-electron chi connectivity index (χ1n) is 11.2. The number of rotatable bonds is 5. The topological polar surface area (TPSA) is 111 Å². The summed E-state index contributed by atoms with van der Waals surface area (Å²) >= 11 is 1.26. The van der Waals surface area contributed by atoms with Crippen LogP contribution < -0.4 is 10.2 Å². The molecular formula is C23H22FN7OS. The van der Waals surface area contributed by atoms with E-state index < -0.39 is 6.17 Å². The number of phenolic OH excluding ortho intramolecular Hbond substituents is 1. The van der Waals surface area contributed by atoms with Crippen molar-refractivity contribution < 1.29 is 9.50 Å². The van der Waals surface area contributed by atoms with Crippen LogP contribution in [0.15, 0.2) is 30.6 Å². The van der Waals surface area contributed by atoms with Crippen LogP contribution in [-0.2, 0) is 0 Å². The Balaban J connectivity index is 1.26. The Bertz CT molecular complexity index is 1220. The number of halogens is 1. The number of hydrogen-bond acceptors (Lipinski definition) is 9. The summed E-state index contributed by atoms with van der Waals surface area (Å²) in [6.45, 7) is 0. The van der Waals surface area contributed by atoms with Gasteiger partial charge < -0.3 is 15.3 Å². The van der Waals surface area contributed by atoms with Crippen LogP contribution >= 0.6 is 11.3 Å². The first-order chi connectivity index (χ1) is 16.1. The Morgan fingerprint density at radius 3 is 2.73 bits per heavy atom. The Kier molecular flexibility index (Phi) is 4.96. The maximum atomic E-state index is 15.2. The molecule has 0 amide bonds. The Hall–Kier alpha value is -3.16. The lowest BCUT2D eigenvalue weighted by atomic mass is 9.96. The smallest absolute Gasteiger partial charge is 0.245 e. The molecule has 6 rings (SSSR count). The summed E-state index contributed by atoms with van der Waals surface area (Å²) in [4.78, 5) is 11.4. The molecule has 1 saturated carbocycles. The van der Waals surface area contributed by atoms with E-state index in [9.17, 15) is 5.11 Å². The van der Waals surface area contributed by atoms with Gasteiger partial charge in [0.15, 0.2) is 5.01 Å². The second-order valence-corrected chi connectivity index (χ2v) is 9.98. The molecule has 2 saturated heterocycles. The number of aromatic hydroxyl groups is 1. The number of aromatic nitrogens is 4. The van der Waals surface area contributed by atoms with Crippen molar-refractivity contribution in [3.63, 3.8) is 0 Å². The molecule has 3 aromatic rings. The predicted octanol–water partition coefficient (Wildman–Crippen LogP) is 3.44. The van der Waals surface area contributed by atoms with Gasteiger partial charge in [0.25, 0.3) is 0 Å². The minimum atomic E-state index is -0.947. The lowest BCUT2D eigenvalue weighted by Crippen LogP contribution is -2.57. The van der Waals surface area contributed by atoms with Crippen molar-refractivity contribution in [1.29, 1.82) is 5.26 Å². The molecule has 0 spiro atoms. The van der Waals surface area contributed by atoms with Gasteiger partial charge in [-0.05, 0) is 49.8 Å². The van der Waals surface area contributed by atoms with Gasteiger partial charge in [-0.1, -0.05) is 6.07 Å².